The highest BCUT2D eigenvalue weighted by atomic mass is 15.3. The summed E-state index contributed by atoms with van der Waals surface area (Å²) in [5.41, 5.74) is 1.13. The molecule has 0 bridgehead atoms. The summed E-state index contributed by atoms with van der Waals surface area (Å²) in [6.07, 6.45) is 0. The number of hydrogen-bond donors (Lipinski definition) is 2. The molecule has 0 aliphatic carbocycles. The molecule has 1 aromatic rings. The number of nitrogens with zero attached hydrogens (tertiary/aromatic N) is 2. The van der Waals surface area contributed by atoms with Crippen molar-refractivity contribution < 1.29 is 0 Å². The van der Waals surface area contributed by atoms with Crippen molar-refractivity contribution in [2.45, 2.75) is 20.4 Å². The van der Waals surface area contributed by atoms with Crippen molar-refractivity contribution in [3.63, 3.8) is 0 Å². The molecule has 0 aliphatic heterocycles. The van der Waals surface area contributed by atoms with Gasteiger partial charge in [0.25, 0.3) is 0 Å². The van der Waals surface area contributed by atoms with Crippen LogP contribution in [0.25, 0.3) is 0 Å². The van der Waals surface area contributed by atoms with Crippen LogP contribution in [0.3, 0.4) is 0 Å². The van der Waals surface area contributed by atoms with Gasteiger partial charge >= 0.3 is 0 Å². The molecular weight excluding hydrogens is 164 g/mol. The molecule has 0 saturated carbocycles. The second-order valence-electron chi connectivity index (χ2n) is 2.95. The van der Waals surface area contributed by atoms with E-state index in [1.807, 2.05) is 7.05 Å². The first-order valence-electron chi connectivity index (χ1n) is 4.75. The average Bonchev–Trinajstić information content (AvgIpc) is 2.56. The summed E-state index contributed by atoms with van der Waals surface area (Å²) < 4.78 is 0. The predicted octanol–water partition coefficient (Wildman–Crippen LogP) is 0.975. The molecule has 1 heterocycles. The van der Waals surface area contributed by atoms with Crippen molar-refractivity contribution in [3.05, 3.63) is 11.8 Å². The largest absolute Gasteiger partial charge is 0.356 e. The highest BCUT2D eigenvalue weighted by Gasteiger charge is 2.05. The summed E-state index contributed by atoms with van der Waals surface area (Å²) >= 11 is 0. The Morgan fingerprint density at radius 1 is 1.46 bits per heavy atom. The Bertz CT molecular complexity index is 240. The van der Waals surface area contributed by atoms with Crippen molar-refractivity contribution in [1.29, 1.82) is 0 Å². The third-order valence-corrected chi connectivity index (χ3v) is 2.07. The first kappa shape index (κ1) is 10.1. The fourth-order valence-electron chi connectivity index (χ4n) is 1.34. The van der Waals surface area contributed by atoms with Gasteiger partial charge in [-0.15, -0.1) is 0 Å². The Kier molecular flexibility index (Phi) is 3.76. The molecule has 0 atom stereocenters. The molecule has 0 fully saturated rings. The molecule has 1 rings (SSSR count). The first-order valence-corrected chi connectivity index (χ1v) is 4.75. The summed E-state index contributed by atoms with van der Waals surface area (Å²) in [6, 6.07) is 2.09. The van der Waals surface area contributed by atoms with E-state index < -0.39 is 0 Å². The molecule has 13 heavy (non-hydrogen) atoms. The second-order valence-corrected chi connectivity index (χ2v) is 2.95. The van der Waals surface area contributed by atoms with Gasteiger partial charge in [-0.25, -0.2) is 0 Å². The molecule has 1 aromatic heterocycles. The normalized spacial score (nSPS) is 10.4. The fraction of sp³-hybridized carbons (Fsp3) is 0.667. The van der Waals surface area contributed by atoms with E-state index in [1.54, 1.807) is 0 Å². The van der Waals surface area contributed by atoms with Crippen molar-refractivity contribution in [3.8, 4) is 0 Å². The van der Waals surface area contributed by atoms with Gasteiger partial charge in [-0.3, -0.25) is 5.10 Å². The standard InChI is InChI=1S/C9H18N4/c1-4-13(5-2)9-6-8(7-10-3)11-12-9/h6,10H,4-5,7H2,1-3H3,(H,11,12). The van der Waals surface area contributed by atoms with Gasteiger partial charge in [0.15, 0.2) is 5.82 Å². The second kappa shape index (κ2) is 4.87. The Morgan fingerprint density at radius 3 is 2.69 bits per heavy atom. The Balaban J connectivity index is 2.66. The molecule has 2 N–H and O–H groups in total. The minimum atomic E-state index is 0.842. The zero-order valence-electron chi connectivity index (χ0n) is 8.59. The van der Waals surface area contributed by atoms with Crippen LogP contribution < -0.4 is 10.2 Å². The maximum atomic E-state index is 4.24. The smallest absolute Gasteiger partial charge is 0.150 e. The van der Waals surface area contributed by atoms with E-state index in [0.29, 0.717) is 0 Å². The van der Waals surface area contributed by atoms with Crippen LogP contribution in [0.5, 0.6) is 0 Å². The molecular formula is C9H18N4. The first-order chi connectivity index (χ1) is 6.31. The lowest BCUT2D eigenvalue weighted by Crippen LogP contribution is -2.22. The summed E-state index contributed by atoms with van der Waals surface area (Å²) in [5.74, 6) is 1.04. The quantitative estimate of drug-likeness (QED) is 0.713. The molecule has 0 spiro atoms. The number of aromatic nitrogens is 2. The van der Waals surface area contributed by atoms with Crippen LogP contribution in [0.15, 0.2) is 6.07 Å². The molecule has 0 saturated heterocycles. The highest BCUT2D eigenvalue weighted by Crippen LogP contribution is 2.10. The summed E-state index contributed by atoms with van der Waals surface area (Å²) in [5, 5.41) is 10.3. The maximum Gasteiger partial charge on any atom is 0.150 e. The fourth-order valence-corrected chi connectivity index (χ4v) is 1.34. The zero-order chi connectivity index (χ0) is 9.68. The minimum Gasteiger partial charge on any atom is -0.356 e. The summed E-state index contributed by atoms with van der Waals surface area (Å²) in [7, 11) is 1.93. The number of aromatic amines is 1. The maximum absolute atomic E-state index is 4.24. The lowest BCUT2D eigenvalue weighted by Gasteiger charge is -2.16. The number of H-pyrrole nitrogens is 1. The SMILES string of the molecule is CCN(CC)c1cc(CNC)[nH]n1. The van der Waals surface area contributed by atoms with Gasteiger partial charge in [0.05, 0.1) is 5.69 Å². The number of rotatable bonds is 5. The van der Waals surface area contributed by atoms with Crippen LogP contribution in [0.4, 0.5) is 5.82 Å². The van der Waals surface area contributed by atoms with Gasteiger partial charge in [0, 0.05) is 25.7 Å². The predicted molar refractivity (Wildman–Crippen MR) is 54.9 cm³/mol. The molecule has 4 heteroatoms. The van der Waals surface area contributed by atoms with Crippen molar-refractivity contribution in [1.82, 2.24) is 15.5 Å². The topological polar surface area (TPSA) is 44.0 Å². The van der Waals surface area contributed by atoms with E-state index in [2.05, 4.69) is 40.3 Å². The van der Waals surface area contributed by atoms with Crippen LogP contribution in [-0.2, 0) is 6.54 Å². The summed E-state index contributed by atoms with van der Waals surface area (Å²) in [6.45, 7) is 7.11. The number of hydrogen-bond acceptors (Lipinski definition) is 3. The Morgan fingerprint density at radius 2 is 2.15 bits per heavy atom. The van der Waals surface area contributed by atoms with Crippen molar-refractivity contribution in [2.75, 3.05) is 25.0 Å². The van der Waals surface area contributed by atoms with Crippen LogP contribution in [0, 0.1) is 0 Å². The zero-order valence-corrected chi connectivity index (χ0v) is 8.59. The molecule has 0 unspecified atom stereocenters. The van der Waals surface area contributed by atoms with Gasteiger partial charge < -0.3 is 10.2 Å². The van der Waals surface area contributed by atoms with E-state index in [0.717, 1.165) is 31.1 Å². The van der Waals surface area contributed by atoms with E-state index in [9.17, 15) is 0 Å². The number of anilines is 1. The summed E-state index contributed by atoms with van der Waals surface area (Å²) in [4.78, 5) is 2.22. The van der Waals surface area contributed by atoms with E-state index in [-0.39, 0.29) is 0 Å². The molecule has 4 nitrogen and oxygen atoms in total. The molecule has 0 aliphatic rings. The van der Waals surface area contributed by atoms with E-state index >= 15 is 0 Å². The third-order valence-electron chi connectivity index (χ3n) is 2.07. The van der Waals surface area contributed by atoms with Crippen molar-refractivity contribution in [2.24, 2.45) is 0 Å². The van der Waals surface area contributed by atoms with Crippen LogP contribution >= 0.6 is 0 Å². The Hall–Kier alpha value is -1.03. The highest BCUT2D eigenvalue weighted by molar-refractivity contribution is 5.38. The third kappa shape index (κ3) is 2.45. The van der Waals surface area contributed by atoms with Crippen LogP contribution in [0.1, 0.15) is 19.5 Å². The average molecular weight is 182 g/mol. The van der Waals surface area contributed by atoms with Gasteiger partial charge in [0.1, 0.15) is 0 Å². The minimum absolute atomic E-state index is 0.842. The lowest BCUT2D eigenvalue weighted by molar-refractivity contribution is 0.782. The van der Waals surface area contributed by atoms with Gasteiger partial charge in [-0.2, -0.15) is 5.10 Å². The van der Waals surface area contributed by atoms with E-state index in [1.165, 1.54) is 0 Å². The van der Waals surface area contributed by atoms with E-state index in [4.69, 9.17) is 0 Å². The molecule has 0 amide bonds. The molecule has 74 valence electrons. The van der Waals surface area contributed by atoms with Crippen LogP contribution in [-0.4, -0.2) is 30.3 Å². The Labute approximate surface area is 79.3 Å². The van der Waals surface area contributed by atoms with Crippen LogP contribution in [0.2, 0.25) is 0 Å². The monoisotopic (exact) mass is 182 g/mol. The molecule has 0 aromatic carbocycles. The lowest BCUT2D eigenvalue weighted by atomic mass is 10.4. The number of nitrogens with one attached hydrogen (secondary N) is 2. The van der Waals surface area contributed by atoms with Gasteiger partial charge in [0.2, 0.25) is 0 Å². The van der Waals surface area contributed by atoms with Crippen molar-refractivity contribution >= 4 is 5.82 Å². The molecule has 0 radical (unpaired) electrons. The van der Waals surface area contributed by atoms with Gasteiger partial charge in [-0.05, 0) is 20.9 Å². The van der Waals surface area contributed by atoms with Gasteiger partial charge in [-0.1, -0.05) is 0 Å².